The molecule has 0 bridgehead atoms. The number of halogens is 1. The molecule has 2 aromatic carbocycles. The number of hydrogen-bond acceptors (Lipinski definition) is 6. The molecule has 8 heteroatoms. The lowest BCUT2D eigenvalue weighted by molar-refractivity contribution is 0.0959. The molecule has 144 valence electrons. The number of amides is 1. The number of nitrogens with zero attached hydrogens (tertiary/aromatic N) is 1. The zero-order valence-electron chi connectivity index (χ0n) is 15.1. The summed E-state index contributed by atoms with van der Waals surface area (Å²) in [5.74, 6) is -0.329. The van der Waals surface area contributed by atoms with E-state index in [9.17, 15) is 14.3 Å². The summed E-state index contributed by atoms with van der Waals surface area (Å²) in [4.78, 5) is 13.6. The van der Waals surface area contributed by atoms with Gasteiger partial charge < -0.3 is 14.6 Å². The minimum absolute atomic E-state index is 0.113. The molecule has 0 radical (unpaired) electrons. The number of methoxy groups -OCH3 is 2. The summed E-state index contributed by atoms with van der Waals surface area (Å²) in [6, 6.07) is 12.7. The van der Waals surface area contributed by atoms with Gasteiger partial charge in [0, 0.05) is 10.4 Å². The number of hydrogen-bond donors (Lipinski definition) is 2. The van der Waals surface area contributed by atoms with Crippen molar-refractivity contribution in [3.63, 3.8) is 0 Å². The molecule has 0 aliphatic heterocycles. The van der Waals surface area contributed by atoms with Gasteiger partial charge in [-0.25, -0.2) is 9.82 Å². The molecular formula is C20H17FN2O4S. The van der Waals surface area contributed by atoms with Crippen LogP contribution < -0.4 is 14.9 Å². The summed E-state index contributed by atoms with van der Waals surface area (Å²) in [7, 11) is 2.85. The Labute approximate surface area is 164 Å². The minimum atomic E-state index is -0.368. The molecule has 3 rings (SSSR count). The van der Waals surface area contributed by atoms with E-state index in [0.29, 0.717) is 10.4 Å². The average Bonchev–Trinajstić information content (AvgIpc) is 3.19. The molecule has 0 saturated carbocycles. The quantitative estimate of drug-likeness (QED) is 0.483. The third-order valence-corrected chi connectivity index (χ3v) is 4.97. The maximum absolute atomic E-state index is 13.0. The van der Waals surface area contributed by atoms with E-state index in [1.165, 1.54) is 43.9 Å². The van der Waals surface area contributed by atoms with E-state index < -0.39 is 0 Å². The number of ether oxygens (including phenoxy) is 2. The first kappa shape index (κ1) is 19.4. The van der Waals surface area contributed by atoms with Crippen LogP contribution in [-0.2, 0) is 0 Å². The number of carbonyl (C=O) groups is 1. The van der Waals surface area contributed by atoms with E-state index in [2.05, 4.69) is 10.5 Å². The molecule has 0 atom stereocenters. The van der Waals surface area contributed by atoms with Crippen LogP contribution in [0.4, 0.5) is 4.39 Å². The normalized spacial score (nSPS) is 10.8. The van der Waals surface area contributed by atoms with Crippen molar-refractivity contribution < 1.29 is 23.8 Å². The number of phenols is 1. The first-order chi connectivity index (χ1) is 13.5. The first-order valence-electron chi connectivity index (χ1n) is 8.16. The molecular weight excluding hydrogens is 383 g/mol. The van der Waals surface area contributed by atoms with Gasteiger partial charge in [-0.1, -0.05) is 12.1 Å². The maximum Gasteiger partial charge on any atom is 0.281 e. The van der Waals surface area contributed by atoms with Gasteiger partial charge in [0.05, 0.1) is 25.3 Å². The molecule has 3 aromatic rings. The third kappa shape index (κ3) is 4.29. The highest BCUT2D eigenvalue weighted by atomic mass is 32.1. The number of thiophene rings is 1. The lowest BCUT2D eigenvalue weighted by Gasteiger charge is -2.09. The molecule has 0 unspecified atom stereocenters. The van der Waals surface area contributed by atoms with Gasteiger partial charge in [0.2, 0.25) is 5.75 Å². The number of benzene rings is 2. The lowest BCUT2D eigenvalue weighted by atomic mass is 10.2. The Kier molecular flexibility index (Phi) is 5.90. The smallest absolute Gasteiger partial charge is 0.281 e. The van der Waals surface area contributed by atoms with Crippen molar-refractivity contribution in [2.75, 3.05) is 14.2 Å². The zero-order valence-corrected chi connectivity index (χ0v) is 15.9. The summed E-state index contributed by atoms with van der Waals surface area (Å²) < 4.78 is 23.2. The van der Waals surface area contributed by atoms with Crippen molar-refractivity contribution in [2.45, 2.75) is 0 Å². The van der Waals surface area contributed by atoms with Gasteiger partial charge in [-0.2, -0.15) is 5.10 Å². The van der Waals surface area contributed by atoms with E-state index in [1.807, 2.05) is 0 Å². The van der Waals surface area contributed by atoms with Crippen molar-refractivity contribution in [1.82, 2.24) is 5.43 Å². The fraction of sp³-hybridized carbons (Fsp3) is 0.100. The van der Waals surface area contributed by atoms with Crippen molar-refractivity contribution >= 4 is 23.5 Å². The molecule has 0 aliphatic carbocycles. The van der Waals surface area contributed by atoms with E-state index in [1.54, 1.807) is 36.4 Å². The van der Waals surface area contributed by atoms with Gasteiger partial charge in [0.15, 0.2) is 11.5 Å². The number of phenolic OH excluding ortho intramolecular Hbond substituents is 1. The second kappa shape index (κ2) is 8.53. The molecule has 1 amide bonds. The third-order valence-electron chi connectivity index (χ3n) is 3.84. The largest absolute Gasteiger partial charge is 0.502 e. The van der Waals surface area contributed by atoms with Gasteiger partial charge in [-0.3, -0.25) is 4.79 Å². The van der Waals surface area contributed by atoms with Gasteiger partial charge in [-0.05, 0) is 42.0 Å². The van der Waals surface area contributed by atoms with Gasteiger partial charge in [0.1, 0.15) is 5.82 Å². The molecule has 0 aliphatic rings. The van der Waals surface area contributed by atoms with Gasteiger partial charge in [-0.15, -0.1) is 11.3 Å². The van der Waals surface area contributed by atoms with Gasteiger partial charge >= 0.3 is 0 Å². The minimum Gasteiger partial charge on any atom is -0.502 e. The Hall–Kier alpha value is -3.39. The van der Waals surface area contributed by atoms with Crippen LogP contribution in [0.5, 0.6) is 17.2 Å². The molecule has 0 fully saturated rings. The Morgan fingerprint density at radius 2 is 1.75 bits per heavy atom. The van der Waals surface area contributed by atoms with Crippen LogP contribution >= 0.6 is 11.3 Å². The van der Waals surface area contributed by atoms with Crippen LogP contribution in [0.25, 0.3) is 10.4 Å². The summed E-state index contributed by atoms with van der Waals surface area (Å²) in [5, 5.41) is 13.8. The summed E-state index contributed by atoms with van der Waals surface area (Å²) >= 11 is 1.28. The fourth-order valence-corrected chi connectivity index (χ4v) is 3.34. The highest BCUT2D eigenvalue weighted by Gasteiger charge is 2.11. The predicted molar refractivity (Wildman–Crippen MR) is 106 cm³/mol. The SMILES string of the molecule is COc1cc(/C=N/NC(=O)c2ccc(-c3ccc(F)cc3)s2)cc(OC)c1O. The van der Waals surface area contributed by atoms with E-state index in [4.69, 9.17) is 9.47 Å². The van der Waals surface area contributed by atoms with Crippen LogP contribution in [0.2, 0.25) is 0 Å². The molecule has 1 aromatic heterocycles. The number of nitrogens with one attached hydrogen (secondary N) is 1. The summed E-state index contributed by atoms with van der Waals surface area (Å²) in [6.07, 6.45) is 1.41. The van der Waals surface area contributed by atoms with Crippen LogP contribution in [0.3, 0.4) is 0 Å². The van der Waals surface area contributed by atoms with Crippen molar-refractivity contribution in [3.8, 4) is 27.7 Å². The van der Waals surface area contributed by atoms with E-state index >= 15 is 0 Å². The number of aromatic hydroxyl groups is 1. The summed E-state index contributed by atoms with van der Waals surface area (Å²) in [5.41, 5.74) is 3.85. The zero-order chi connectivity index (χ0) is 20.1. The average molecular weight is 400 g/mol. The Morgan fingerprint density at radius 3 is 2.36 bits per heavy atom. The van der Waals surface area contributed by atoms with Crippen LogP contribution in [0, 0.1) is 5.82 Å². The van der Waals surface area contributed by atoms with Crippen LogP contribution in [0.1, 0.15) is 15.2 Å². The second-order valence-corrected chi connectivity index (χ2v) is 6.73. The highest BCUT2D eigenvalue weighted by Crippen LogP contribution is 2.36. The van der Waals surface area contributed by atoms with Crippen molar-refractivity contribution in [2.24, 2.45) is 5.10 Å². The van der Waals surface area contributed by atoms with E-state index in [0.717, 1.165) is 10.4 Å². The molecule has 2 N–H and O–H groups in total. The number of hydrazone groups is 1. The lowest BCUT2D eigenvalue weighted by Crippen LogP contribution is -2.16. The molecule has 0 spiro atoms. The second-order valence-electron chi connectivity index (χ2n) is 5.64. The fourth-order valence-electron chi connectivity index (χ4n) is 2.44. The topological polar surface area (TPSA) is 80.2 Å². The maximum atomic E-state index is 13.0. The Balaban J connectivity index is 1.70. The van der Waals surface area contributed by atoms with Crippen LogP contribution in [-0.4, -0.2) is 31.4 Å². The molecule has 1 heterocycles. The Morgan fingerprint density at radius 1 is 1.11 bits per heavy atom. The van der Waals surface area contributed by atoms with E-state index in [-0.39, 0.29) is 29.0 Å². The first-order valence-corrected chi connectivity index (χ1v) is 8.97. The number of carbonyl (C=O) groups excluding carboxylic acids is 1. The van der Waals surface area contributed by atoms with Gasteiger partial charge in [0.25, 0.3) is 5.91 Å². The summed E-state index contributed by atoms with van der Waals surface area (Å²) in [6.45, 7) is 0. The predicted octanol–water partition coefficient (Wildman–Crippen LogP) is 4.04. The molecule has 6 nitrogen and oxygen atoms in total. The van der Waals surface area contributed by atoms with Crippen LogP contribution in [0.15, 0.2) is 53.6 Å². The monoisotopic (exact) mass is 400 g/mol. The molecule has 0 saturated heterocycles. The van der Waals surface area contributed by atoms with Crippen molar-refractivity contribution in [3.05, 3.63) is 64.8 Å². The number of rotatable bonds is 6. The van der Waals surface area contributed by atoms with Crippen molar-refractivity contribution in [1.29, 1.82) is 0 Å². The highest BCUT2D eigenvalue weighted by molar-refractivity contribution is 7.17. The Bertz CT molecular complexity index is 990. The standard InChI is InChI=1S/C20H17FN2O4S/c1-26-15-9-12(10-16(27-2)19(15)24)11-22-23-20(25)18-8-7-17(28-18)13-3-5-14(21)6-4-13/h3-11,24H,1-2H3,(H,23,25)/b22-11+. The molecule has 28 heavy (non-hydrogen) atoms.